The molecule has 3 rings (SSSR count). The van der Waals surface area contributed by atoms with Crippen molar-refractivity contribution in [2.45, 2.75) is 76.8 Å². The summed E-state index contributed by atoms with van der Waals surface area (Å²) in [5.41, 5.74) is 11.7. The van der Waals surface area contributed by atoms with Gasteiger partial charge in [0, 0.05) is 18.0 Å². The minimum atomic E-state index is -1.03. The summed E-state index contributed by atoms with van der Waals surface area (Å²) >= 11 is 0. The van der Waals surface area contributed by atoms with Crippen LogP contribution in [0.15, 0.2) is 60.7 Å². The van der Waals surface area contributed by atoms with Crippen LogP contribution in [0.2, 0.25) is 0 Å². The molecule has 6 N–H and O–H groups in total. The molecule has 0 heterocycles. The van der Waals surface area contributed by atoms with Gasteiger partial charge >= 0.3 is 0 Å². The highest BCUT2D eigenvalue weighted by Crippen LogP contribution is 2.32. The first kappa shape index (κ1) is 30.0. The zero-order valence-corrected chi connectivity index (χ0v) is 22.9. The highest BCUT2D eigenvalue weighted by molar-refractivity contribution is 5.99. The first-order valence-electron chi connectivity index (χ1n) is 14.0. The molecule has 0 spiro atoms. The lowest BCUT2D eigenvalue weighted by atomic mass is 9.76. The Balaban J connectivity index is 1.82. The standard InChI is InChI=1S/C31H42N4O4/c1-31(18-10-11-19-32,30(39)35-25-17-9-8-16-24(25)28(33)37)21-27(36)26(20-22-12-4-2-5-13-22)34-29(38)23-14-6-3-7-15-23/h2-7,12-15,24-26H,8-11,16-21,32H2,1H3,(H2,33,37)(H,34,38)(H,35,39)/t24-,25-,26+,31-/m1/s1. The van der Waals surface area contributed by atoms with Crippen molar-refractivity contribution in [1.29, 1.82) is 0 Å². The quantitative estimate of drug-likeness (QED) is 0.275. The number of ketones is 1. The van der Waals surface area contributed by atoms with Crippen molar-refractivity contribution in [1.82, 2.24) is 10.6 Å². The summed E-state index contributed by atoms with van der Waals surface area (Å²) < 4.78 is 0. The number of nitrogens with one attached hydrogen (secondary N) is 2. The van der Waals surface area contributed by atoms with Crippen LogP contribution in [-0.2, 0) is 20.8 Å². The Morgan fingerprint density at radius 1 is 0.949 bits per heavy atom. The molecule has 1 fully saturated rings. The molecule has 0 bridgehead atoms. The fraction of sp³-hybridized carbons (Fsp3) is 0.484. The van der Waals surface area contributed by atoms with Gasteiger partial charge in [0.05, 0.1) is 17.4 Å². The van der Waals surface area contributed by atoms with E-state index in [0.29, 0.717) is 44.2 Å². The molecule has 8 nitrogen and oxygen atoms in total. The Labute approximate surface area is 231 Å². The fourth-order valence-electron chi connectivity index (χ4n) is 5.36. The molecule has 0 radical (unpaired) electrons. The summed E-state index contributed by atoms with van der Waals surface area (Å²) in [7, 11) is 0. The zero-order chi connectivity index (χ0) is 28.3. The first-order valence-corrected chi connectivity index (χ1v) is 14.0. The van der Waals surface area contributed by atoms with Crippen LogP contribution in [0.4, 0.5) is 0 Å². The maximum absolute atomic E-state index is 13.8. The summed E-state index contributed by atoms with van der Waals surface area (Å²) in [6, 6.07) is 17.1. The number of rotatable bonds is 14. The van der Waals surface area contributed by atoms with E-state index < -0.39 is 23.3 Å². The van der Waals surface area contributed by atoms with Crippen molar-refractivity contribution in [3.63, 3.8) is 0 Å². The molecule has 2 aromatic carbocycles. The van der Waals surface area contributed by atoms with Crippen molar-refractivity contribution >= 4 is 23.5 Å². The molecule has 3 amide bonds. The van der Waals surface area contributed by atoms with Crippen molar-refractivity contribution in [3.05, 3.63) is 71.8 Å². The topological polar surface area (TPSA) is 144 Å². The van der Waals surface area contributed by atoms with E-state index in [1.54, 1.807) is 31.2 Å². The number of Topliss-reactive ketones (excluding diaryl/α,β-unsaturated/α-hetero) is 1. The molecular weight excluding hydrogens is 492 g/mol. The number of hydrogen-bond donors (Lipinski definition) is 4. The van der Waals surface area contributed by atoms with Crippen LogP contribution >= 0.6 is 0 Å². The van der Waals surface area contributed by atoms with Crippen LogP contribution in [0.3, 0.4) is 0 Å². The lowest BCUT2D eigenvalue weighted by Gasteiger charge is -2.35. The van der Waals surface area contributed by atoms with E-state index in [9.17, 15) is 19.2 Å². The van der Waals surface area contributed by atoms with E-state index >= 15 is 0 Å². The van der Waals surface area contributed by atoms with E-state index in [1.807, 2.05) is 36.4 Å². The second-order valence-corrected chi connectivity index (χ2v) is 10.9. The van der Waals surface area contributed by atoms with E-state index in [0.717, 1.165) is 24.8 Å². The maximum atomic E-state index is 13.8. The monoisotopic (exact) mass is 534 g/mol. The SMILES string of the molecule is C[C@@](CCCCN)(CC(=O)[C@H](Cc1ccccc1)NC(=O)c1ccccc1)C(=O)N[C@@H]1CCCC[C@H]1C(N)=O. The van der Waals surface area contributed by atoms with E-state index in [4.69, 9.17) is 11.5 Å². The van der Waals surface area contributed by atoms with Gasteiger partial charge in [-0.1, -0.05) is 74.7 Å². The number of amides is 3. The molecule has 8 heteroatoms. The predicted octanol–water partition coefficient (Wildman–Crippen LogP) is 3.28. The molecule has 0 aliphatic heterocycles. The summed E-state index contributed by atoms with van der Waals surface area (Å²) in [4.78, 5) is 52.6. The van der Waals surface area contributed by atoms with Crippen molar-refractivity contribution in [2.75, 3.05) is 6.54 Å². The first-order chi connectivity index (χ1) is 18.7. The average Bonchev–Trinajstić information content (AvgIpc) is 2.94. The van der Waals surface area contributed by atoms with Crippen molar-refractivity contribution < 1.29 is 19.2 Å². The molecule has 1 aliphatic carbocycles. The third kappa shape index (κ3) is 8.75. The van der Waals surface area contributed by atoms with Gasteiger partial charge in [0.25, 0.3) is 5.91 Å². The van der Waals surface area contributed by atoms with Gasteiger partial charge in [-0.05, 0) is 56.3 Å². The molecule has 39 heavy (non-hydrogen) atoms. The van der Waals surface area contributed by atoms with Crippen LogP contribution in [-0.4, -0.2) is 42.1 Å². The maximum Gasteiger partial charge on any atom is 0.251 e. The van der Waals surface area contributed by atoms with Crippen LogP contribution < -0.4 is 22.1 Å². The molecule has 1 saturated carbocycles. The van der Waals surface area contributed by atoms with Crippen LogP contribution in [0.5, 0.6) is 0 Å². The normalized spacial score (nSPS) is 19.3. The number of nitrogens with two attached hydrogens (primary N) is 2. The number of carbonyl (C=O) groups excluding carboxylic acids is 4. The molecule has 1 aliphatic rings. The van der Waals surface area contributed by atoms with Gasteiger partial charge in [0.1, 0.15) is 0 Å². The summed E-state index contributed by atoms with van der Waals surface area (Å²) in [5.74, 6) is -1.65. The Morgan fingerprint density at radius 3 is 2.23 bits per heavy atom. The Kier molecular flexibility index (Phi) is 11.2. The Morgan fingerprint density at radius 2 is 1.59 bits per heavy atom. The van der Waals surface area contributed by atoms with Crippen molar-refractivity contribution in [3.8, 4) is 0 Å². The summed E-state index contributed by atoms with van der Waals surface area (Å²) in [5, 5.41) is 5.98. The van der Waals surface area contributed by atoms with E-state index in [1.165, 1.54) is 0 Å². The largest absolute Gasteiger partial charge is 0.369 e. The number of primary amides is 1. The lowest BCUT2D eigenvalue weighted by molar-refractivity contribution is -0.137. The van der Waals surface area contributed by atoms with Gasteiger partial charge in [-0.3, -0.25) is 19.2 Å². The highest BCUT2D eigenvalue weighted by Gasteiger charge is 2.40. The number of unbranched alkanes of at least 4 members (excludes halogenated alkanes) is 1. The third-order valence-electron chi connectivity index (χ3n) is 7.76. The van der Waals surface area contributed by atoms with Crippen LogP contribution in [0.25, 0.3) is 0 Å². The number of carbonyl (C=O) groups is 4. The third-order valence-corrected chi connectivity index (χ3v) is 7.76. The van der Waals surface area contributed by atoms with Crippen LogP contribution in [0, 0.1) is 11.3 Å². The van der Waals surface area contributed by atoms with Gasteiger partial charge < -0.3 is 22.1 Å². The molecule has 0 unspecified atom stereocenters. The number of benzene rings is 2. The zero-order valence-electron chi connectivity index (χ0n) is 22.9. The smallest absolute Gasteiger partial charge is 0.251 e. The molecule has 4 atom stereocenters. The fourth-order valence-corrected chi connectivity index (χ4v) is 5.36. The second kappa shape index (κ2) is 14.6. The predicted molar refractivity (Wildman–Crippen MR) is 152 cm³/mol. The minimum absolute atomic E-state index is 0.0517. The molecule has 0 aromatic heterocycles. The summed E-state index contributed by atoms with van der Waals surface area (Å²) in [6.45, 7) is 2.28. The van der Waals surface area contributed by atoms with Gasteiger partial charge in [-0.25, -0.2) is 0 Å². The van der Waals surface area contributed by atoms with Gasteiger partial charge in [0.2, 0.25) is 11.8 Å². The number of hydrogen-bond acceptors (Lipinski definition) is 5. The molecule has 0 saturated heterocycles. The molecule has 210 valence electrons. The Bertz CT molecular complexity index is 1110. The summed E-state index contributed by atoms with van der Waals surface area (Å²) in [6.07, 6.45) is 5.25. The lowest BCUT2D eigenvalue weighted by Crippen LogP contribution is -2.52. The van der Waals surface area contributed by atoms with Gasteiger partial charge in [-0.15, -0.1) is 0 Å². The van der Waals surface area contributed by atoms with E-state index in [-0.39, 0.29) is 30.1 Å². The van der Waals surface area contributed by atoms with E-state index in [2.05, 4.69) is 10.6 Å². The molecule has 2 aromatic rings. The molecular formula is C31H42N4O4. The minimum Gasteiger partial charge on any atom is -0.369 e. The second-order valence-electron chi connectivity index (χ2n) is 10.9. The highest BCUT2D eigenvalue weighted by atomic mass is 16.2. The van der Waals surface area contributed by atoms with Crippen LogP contribution in [0.1, 0.15) is 74.2 Å². The van der Waals surface area contributed by atoms with Gasteiger partial charge in [-0.2, -0.15) is 0 Å². The van der Waals surface area contributed by atoms with Crippen molar-refractivity contribution in [2.24, 2.45) is 22.8 Å². The van der Waals surface area contributed by atoms with Gasteiger partial charge in [0.15, 0.2) is 5.78 Å². The average molecular weight is 535 g/mol. The Hall–Kier alpha value is -3.52.